The van der Waals surface area contributed by atoms with Crippen molar-refractivity contribution in [2.45, 2.75) is 20.8 Å². The lowest BCUT2D eigenvalue weighted by molar-refractivity contribution is -0.130. The van der Waals surface area contributed by atoms with Crippen molar-refractivity contribution >= 4 is 17.5 Å². The molecular weight excluding hydrogens is 240 g/mol. The first kappa shape index (κ1) is 13.8. The predicted molar refractivity (Wildman–Crippen MR) is 67.8 cm³/mol. The Morgan fingerprint density at radius 1 is 1.53 bits per heavy atom. The highest BCUT2D eigenvalue weighted by Gasteiger charge is 2.28. The molecule has 0 spiro atoms. The number of carbonyl (C=O) groups is 1. The first-order chi connectivity index (χ1) is 7.86. The fourth-order valence-corrected chi connectivity index (χ4v) is 1.52. The average Bonchev–Trinajstić information content (AvgIpc) is 2.26. The largest absolute Gasteiger partial charge is 0.492 e. The quantitative estimate of drug-likeness (QED) is 0.492. The van der Waals surface area contributed by atoms with Gasteiger partial charge in [-0.2, -0.15) is 0 Å². The van der Waals surface area contributed by atoms with E-state index >= 15 is 0 Å². The van der Waals surface area contributed by atoms with E-state index in [0.717, 1.165) is 5.56 Å². The minimum Gasteiger partial charge on any atom is -0.492 e. The molecule has 5 heteroatoms. The number of nitrogens with two attached hydrogens (primary N) is 1. The zero-order chi connectivity index (χ0) is 13.1. The molecule has 0 saturated heterocycles. The molecule has 1 rings (SSSR count). The van der Waals surface area contributed by atoms with Gasteiger partial charge in [-0.25, -0.2) is 5.84 Å². The third-order valence-corrected chi connectivity index (χ3v) is 2.71. The van der Waals surface area contributed by atoms with Gasteiger partial charge in [0.15, 0.2) is 0 Å². The number of hydrazine groups is 1. The molecule has 0 unspecified atom stereocenters. The van der Waals surface area contributed by atoms with E-state index in [4.69, 9.17) is 22.2 Å². The van der Waals surface area contributed by atoms with Crippen molar-refractivity contribution in [3.63, 3.8) is 0 Å². The molecule has 4 nitrogen and oxygen atoms in total. The molecule has 0 aliphatic heterocycles. The summed E-state index contributed by atoms with van der Waals surface area (Å²) in [6.45, 7) is 5.68. The Morgan fingerprint density at radius 3 is 2.71 bits per heavy atom. The molecule has 3 N–H and O–H groups in total. The molecule has 17 heavy (non-hydrogen) atoms. The van der Waals surface area contributed by atoms with E-state index in [1.165, 1.54) is 0 Å². The van der Waals surface area contributed by atoms with Crippen LogP contribution in [0.1, 0.15) is 19.4 Å². The van der Waals surface area contributed by atoms with Gasteiger partial charge < -0.3 is 4.74 Å². The van der Waals surface area contributed by atoms with E-state index in [9.17, 15) is 4.79 Å². The van der Waals surface area contributed by atoms with E-state index in [-0.39, 0.29) is 12.5 Å². The lowest BCUT2D eigenvalue weighted by Crippen LogP contribution is -2.44. The van der Waals surface area contributed by atoms with Crippen molar-refractivity contribution in [2.24, 2.45) is 11.3 Å². The summed E-state index contributed by atoms with van der Waals surface area (Å²) in [5.74, 6) is 5.56. The highest BCUT2D eigenvalue weighted by Crippen LogP contribution is 2.24. The summed E-state index contributed by atoms with van der Waals surface area (Å²) in [7, 11) is 0. The summed E-state index contributed by atoms with van der Waals surface area (Å²) in [6, 6.07) is 5.35. The SMILES string of the molecule is Cc1cc(Cl)ccc1OCC(C)(C)C(=O)NN. The summed E-state index contributed by atoms with van der Waals surface area (Å²) in [4.78, 5) is 11.5. The minimum atomic E-state index is -0.680. The smallest absolute Gasteiger partial charge is 0.242 e. The number of aryl methyl sites for hydroxylation is 1. The summed E-state index contributed by atoms with van der Waals surface area (Å²) < 4.78 is 5.60. The zero-order valence-electron chi connectivity index (χ0n) is 10.2. The predicted octanol–water partition coefficient (Wildman–Crippen LogP) is 2.04. The molecule has 1 amide bonds. The van der Waals surface area contributed by atoms with Crippen LogP contribution in [0.3, 0.4) is 0 Å². The van der Waals surface area contributed by atoms with Gasteiger partial charge in [0.1, 0.15) is 12.4 Å². The van der Waals surface area contributed by atoms with Gasteiger partial charge in [0, 0.05) is 5.02 Å². The van der Waals surface area contributed by atoms with Crippen molar-refractivity contribution < 1.29 is 9.53 Å². The number of ether oxygens (including phenoxy) is 1. The van der Waals surface area contributed by atoms with E-state index in [1.54, 1.807) is 26.0 Å². The summed E-state index contributed by atoms with van der Waals surface area (Å²) in [5, 5.41) is 0.661. The van der Waals surface area contributed by atoms with E-state index < -0.39 is 5.41 Å². The molecule has 0 aliphatic carbocycles. The first-order valence-corrected chi connectivity index (χ1v) is 5.64. The summed E-state index contributed by atoms with van der Waals surface area (Å²) in [5.41, 5.74) is 2.38. The number of amides is 1. The maximum absolute atomic E-state index is 11.5. The standard InChI is InChI=1S/C12H17ClN2O2/c1-8-6-9(13)4-5-10(8)17-7-12(2,3)11(16)15-14/h4-6H,7,14H2,1-3H3,(H,15,16). The van der Waals surface area contributed by atoms with Crippen molar-refractivity contribution in [1.29, 1.82) is 0 Å². The lowest BCUT2D eigenvalue weighted by atomic mass is 9.94. The molecule has 1 aromatic rings. The summed E-state index contributed by atoms with van der Waals surface area (Å²) in [6.07, 6.45) is 0. The Balaban J connectivity index is 2.70. The van der Waals surface area contributed by atoms with Crippen molar-refractivity contribution in [3.05, 3.63) is 28.8 Å². The van der Waals surface area contributed by atoms with Crippen LogP contribution in [0.5, 0.6) is 5.75 Å². The van der Waals surface area contributed by atoms with Gasteiger partial charge in [-0.05, 0) is 44.5 Å². The van der Waals surface area contributed by atoms with Crippen LogP contribution >= 0.6 is 11.6 Å². The molecular formula is C12H17ClN2O2. The fourth-order valence-electron chi connectivity index (χ4n) is 1.29. The Bertz CT molecular complexity index is 419. The van der Waals surface area contributed by atoms with Crippen LogP contribution in [0.2, 0.25) is 5.02 Å². The molecule has 0 fully saturated rings. The molecule has 0 aromatic heterocycles. The second-order valence-electron chi connectivity index (χ2n) is 4.56. The van der Waals surface area contributed by atoms with Crippen LogP contribution in [-0.2, 0) is 4.79 Å². The van der Waals surface area contributed by atoms with E-state index in [1.807, 2.05) is 13.0 Å². The van der Waals surface area contributed by atoms with Crippen LogP contribution in [0, 0.1) is 12.3 Å². The normalized spacial score (nSPS) is 11.1. The second-order valence-corrected chi connectivity index (χ2v) is 4.99. The Kier molecular flexibility index (Phi) is 4.37. The monoisotopic (exact) mass is 256 g/mol. The van der Waals surface area contributed by atoms with Gasteiger partial charge in [-0.15, -0.1) is 0 Å². The number of carbonyl (C=O) groups excluding carboxylic acids is 1. The number of hydrogen-bond donors (Lipinski definition) is 2. The third kappa shape index (κ3) is 3.61. The highest BCUT2D eigenvalue weighted by molar-refractivity contribution is 6.30. The fraction of sp³-hybridized carbons (Fsp3) is 0.417. The molecule has 0 aliphatic rings. The van der Waals surface area contributed by atoms with Gasteiger partial charge in [0.2, 0.25) is 5.91 Å². The number of rotatable bonds is 4. The lowest BCUT2D eigenvalue weighted by Gasteiger charge is -2.23. The number of halogens is 1. The molecule has 0 saturated carbocycles. The van der Waals surface area contributed by atoms with Gasteiger partial charge >= 0.3 is 0 Å². The van der Waals surface area contributed by atoms with E-state index in [2.05, 4.69) is 5.43 Å². The maximum Gasteiger partial charge on any atom is 0.242 e. The van der Waals surface area contributed by atoms with Gasteiger partial charge in [-0.1, -0.05) is 11.6 Å². The van der Waals surface area contributed by atoms with Crippen LogP contribution in [0.15, 0.2) is 18.2 Å². The van der Waals surface area contributed by atoms with Gasteiger partial charge in [0.25, 0.3) is 0 Å². The molecule has 0 radical (unpaired) electrons. The number of benzene rings is 1. The van der Waals surface area contributed by atoms with Crippen LogP contribution < -0.4 is 16.0 Å². The van der Waals surface area contributed by atoms with Crippen LogP contribution in [0.25, 0.3) is 0 Å². The maximum atomic E-state index is 11.5. The Labute approximate surface area is 106 Å². The van der Waals surface area contributed by atoms with Crippen molar-refractivity contribution in [1.82, 2.24) is 5.43 Å². The Hall–Kier alpha value is -1.26. The number of hydrogen-bond acceptors (Lipinski definition) is 3. The second kappa shape index (κ2) is 5.38. The highest BCUT2D eigenvalue weighted by atomic mass is 35.5. The summed E-state index contributed by atoms with van der Waals surface area (Å²) >= 11 is 5.84. The zero-order valence-corrected chi connectivity index (χ0v) is 11.0. The number of nitrogens with one attached hydrogen (secondary N) is 1. The first-order valence-electron chi connectivity index (χ1n) is 5.27. The van der Waals surface area contributed by atoms with Crippen molar-refractivity contribution in [3.8, 4) is 5.75 Å². The molecule has 0 heterocycles. The minimum absolute atomic E-state index is 0.249. The van der Waals surface area contributed by atoms with Crippen LogP contribution in [0.4, 0.5) is 0 Å². The van der Waals surface area contributed by atoms with E-state index in [0.29, 0.717) is 10.8 Å². The molecule has 0 bridgehead atoms. The third-order valence-electron chi connectivity index (χ3n) is 2.47. The van der Waals surface area contributed by atoms with Gasteiger partial charge in [0.05, 0.1) is 5.41 Å². The molecule has 1 aromatic carbocycles. The topological polar surface area (TPSA) is 64.3 Å². The van der Waals surface area contributed by atoms with Crippen LogP contribution in [-0.4, -0.2) is 12.5 Å². The molecule has 94 valence electrons. The van der Waals surface area contributed by atoms with Gasteiger partial charge in [-0.3, -0.25) is 10.2 Å². The Morgan fingerprint density at radius 2 is 2.18 bits per heavy atom. The van der Waals surface area contributed by atoms with Crippen molar-refractivity contribution in [2.75, 3.05) is 6.61 Å². The average molecular weight is 257 g/mol. The molecule has 0 atom stereocenters.